The van der Waals surface area contributed by atoms with Gasteiger partial charge >= 0.3 is 0 Å². The Morgan fingerprint density at radius 2 is 1.50 bits per heavy atom. The van der Waals surface area contributed by atoms with Gasteiger partial charge in [0.1, 0.15) is 6.17 Å². The van der Waals surface area contributed by atoms with Gasteiger partial charge in [0.25, 0.3) is 0 Å². The van der Waals surface area contributed by atoms with Gasteiger partial charge in [0.15, 0.2) is 0 Å². The zero-order chi connectivity index (χ0) is 10.8. The molecule has 0 nitrogen and oxygen atoms in total. The van der Waals surface area contributed by atoms with E-state index in [4.69, 9.17) is 0 Å². The monoisotopic (exact) mass is 206 g/mol. The highest BCUT2D eigenvalue weighted by molar-refractivity contribution is 4.58. The number of unbranched alkanes of at least 4 members (excludes halogenated alkanes) is 3. The first-order valence-corrected chi connectivity index (χ1v) is 5.95. The van der Waals surface area contributed by atoms with Crippen LogP contribution in [0.25, 0.3) is 0 Å². The number of hydrogen-bond donors (Lipinski definition) is 0. The van der Waals surface area contributed by atoms with Crippen molar-refractivity contribution in [3.05, 3.63) is 0 Å². The lowest BCUT2D eigenvalue weighted by molar-refractivity contribution is 0.261. The van der Waals surface area contributed by atoms with Crippen LogP contribution in [0.4, 0.5) is 8.78 Å². The maximum atomic E-state index is 13.2. The van der Waals surface area contributed by atoms with Crippen molar-refractivity contribution in [2.75, 3.05) is 0 Å². The highest BCUT2D eigenvalue weighted by Crippen LogP contribution is 2.15. The van der Waals surface area contributed by atoms with Gasteiger partial charge in [-0.3, -0.25) is 0 Å². The van der Waals surface area contributed by atoms with Crippen LogP contribution in [-0.2, 0) is 0 Å². The van der Waals surface area contributed by atoms with E-state index in [1.54, 1.807) is 0 Å². The van der Waals surface area contributed by atoms with Crippen molar-refractivity contribution >= 4 is 0 Å². The Balaban J connectivity index is 3.15. The highest BCUT2D eigenvalue weighted by Gasteiger charge is 2.07. The molecule has 0 saturated heterocycles. The fraction of sp³-hybridized carbons (Fsp3) is 1.00. The van der Waals surface area contributed by atoms with E-state index < -0.39 is 12.3 Å². The molecule has 0 aliphatic carbocycles. The van der Waals surface area contributed by atoms with Gasteiger partial charge in [0, 0.05) is 0 Å². The maximum absolute atomic E-state index is 13.2. The van der Waals surface area contributed by atoms with Gasteiger partial charge in [-0.2, -0.15) is 0 Å². The molecule has 0 aromatic carbocycles. The molecule has 0 amide bonds. The van der Waals surface area contributed by atoms with Gasteiger partial charge in [-0.25, -0.2) is 8.78 Å². The Kier molecular flexibility index (Phi) is 9.32. The van der Waals surface area contributed by atoms with E-state index in [2.05, 4.69) is 6.92 Å². The lowest BCUT2D eigenvalue weighted by Crippen LogP contribution is -2.02. The topological polar surface area (TPSA) is 0 Å². The molecule has 0 fully saturated rings. The van der Waals surface area contributed by atoms with E-state index in [9.17, 15) is 8.78 Å². The fourth-order valence-corrected chi connectivity index (χ4v) is 1.56. The van der Waals surface area contributed by atoms with E-state index in [0.717, 1.165) is 12.8 Å². The van der Waals surface area contributed by atoms with Gasteiger partial charge in [0.2, 0.25) is 0 Å². The smallest absolute Gasteiger partial charge is 0.100 e. The third-order valence-corrected chi connectivity index (χ3v) is 2.49. The van der Waals surface area contributed by atoms with E-state index >= 15 is 0 Å². The summed E-state index contributed by atoms with van der Waals surface area (Å²) in [6.07, 6.45) is 5.44. The SMILES string of the molecule is CCCCCCC(F)CCCC(C)F. The fourth-order valence-electron chi connectivity index (χ4n) is 1.56. The predicted octanol–water partition coefficient (Wildman–Crippen LogP) is 4.82. The van der Waals surface area contributed by atoms with Gasteiger partial charge in [-0.15, -0.1) is 0 Å². The van der Waals surface area contributed by atoms with Crippen LogP contribution in [0.3, 0.4) is 0 Å². The van der Waals surface area contributed by atoms with E-state index in [1.165, 1.54) is 19.8 Å². The van der Waals surface area contributed by atoms with Gasteiger partial charge < -0.3 is 0 Å². The molecular weight excluding hydrogens is 182 g/mol. The van der Waals surface area contributed by atoms with Crippen molar-refractivity contribution in [3.63, 3.8) is 0 Å². The minimum absolute atomic E-state index is 0.509. The van der Waals surface area contributed by atoms with E-state index in [1.807, 2.05) is 0 Å². The Morgan fingerprint density at radius 1 is 0.857 bits per heavy atom. The first-order chi connectivity index (χ1) is 6.66. The molecule has 0 aromatic rings. The Labute approximate surface area is 87.1 Å². The van der Waals surface area contributed by atoms with Crippen molar-refractivity contribution in [3.8, 4) is 0 Å². The molecule has 0 rings (SSSR count). The van der Waals surface area contributed by atoms with Crippen LogP contribution >= 0.6 is 0 Å². The van der Waals surface area contributed by atoms with Gasteiger partial charge in [-0.1, -0.05) is 32.6 Å². The lowest BCUT2D eigenvalue weighted by Gasteiger charge is -2.07. The molecule has 0 radical (unpaired) electrons. The molecule has 0 spiro atoms. The predicted molar refractivity (Wildman–Crippen MR) is 58.1 cm³/mol. The van der Waals surface area contributed by atoms with Crippen LogP contribution in [0.5, 0.6) is 0 Å². The van der Waals surface area contributed by atoms with Gasteiger partial charge in [0.05, 0.1) is 6.17 Å². The quantitative estimate of drug-likeness (QED) is 0.474. The van der Waals surface area contributed by atoms with Crippen LogP contribution in [0.15, 0.2) is 0 Å². The molecule has 86 valence electrons. The minimum atomic E-state index is -0.776. The molecule has 0 heterocycles. The molecule has 0 aromatic heterocycles. The normalized spacial score (nSPS) is 15.4. The number of rotatable bonds is 9. The summed E-state index contributed by atoms with van der Waals surface area (Å²) in [5.74, 6) is 0. The largest absolute Gasteiger partial charge is 0.248 e. The molecule has 0 N–H and O–H groups in total. The molecule has 14 heavy (non-hydrogen) atoms. The summed E-state index contributed by atoms with van der Waals surface area (Å²) in [6, 6.07) is 0. The molecule has 0 bridgehead atoms. The van der Waals surface area contributed by atoms with Crippen LogP contribution in [0.1, 0.15) is 65.2 Å². The third-order valence-electron chi connectivity index (χ3n) is 2.49. The molecule has 2 unspecified atom stereocenters. The summed E-state index contributed by atoms with van der Waals surface area (Å²) in [7, 11) is 0. The lowest BCUT2D eigenvalue weighted by atomic mass is 10.0. The summed E-state index contributed by atoms with van der Waals surface area (Å²) >= 11 is 0. The standard InChI is InChI=1S/C12H24F2/c1-3-4-5-6-9-12(14)10-7-8-11(2)13/h11-12H,3-10H2,1-2H3. The van der Waals surface area contributed by atoms with Crippen molar-refractivity contribution in [2.45, 2.75) is 77.6 Å². The summed E-state index contributed by atoms with van der Waals surface area (Å²) in [4.78, 5) is 0. The second-order valence-electron chi connectivity index (χ2n) is 4.16. The average molecular weight is 206 g/mol. The molecule has 2 heteroatoms. The summed E-state index contributed by atoms with van der Waals surface area (Å²) in [6.45, 7) is 3.68. The summed E-state index contributed by atoms with van der Waals surface area (Å²) < 4.78 is 25.5. The Bertz CT molecular complexity index is 113. The van der Waals surface area contributed by atoms with E-state index in [-0.39, 0.29) is 0 Å². The number of hydrogen-bond acceptors (Lipinski definition) is 0. The van der Waals surface area contributed by atoms with Crippen LogP contribution in [-0.4, -0.2) is 12.3 Å². The molecule has 2 atom stereocenters. The first kappa shape index (κ1) is 13.9. The van der Waals surface area contributed by atoms with Crippen LogP contribution in [0.2, 0.25) is 0 Å². The zero-order valence-electron chi connectivity index (χ0n) is 9.57. The summed E-state index contributed by atoms with van der Waals surface area (Å²) in [5.41, 5.74) is 0. The number of halogens is 2. The molecular formula is C12H24F2. The van der Waals surface area contributed by atoms with Gasteiger partial charge in [-0.05, 0) is 32.6 Å². The average Bonchev–Trinajstić information content (AvgIpc) is 2.12. The molecule has 0 saturated carbocycles. The highest BCUT2D eigenvalue weighted by atomic mass is 19.1. The maximum Gasteiger partial charge on any atom is 0.100 e. The third kappa shape index (κ3) is 9.94. The van der Waals surface area contributed by atoms with Crippen LogP contribution < -0.4 is 0 Å². The second-order valence-corrected chi connectivity index (χ2v) is 4.16. The Hall–Kier alpha value is -0.140. The molecule has 0 aliphatic rings. The van der Waals surface area contributed by atoms with Crippen LogP contribution in [0, 0.1) is 0 Å². The van der Waals surface area contributed by atoms with E-state index in [0.29, 0.717) is 25.7 Å². The van der Waals surface area contributed by atoms with Crippen molar-refractivity contribution < 1.29 is 8.78 Å². The minimum Gasteiger partial charge on any atom is -0.248 e. The second kappa shape index (κ2) is 9.42. The first-order valence-electron chi connectivity index (χ1n) is 5.95. The molecule has 0 aliphatic heterocycles. The van der Waals surface area contributed by atoms with Crippen molar-refractivity contribution in [1.82, 2.24) is 0 Å². The van der Waals surface area contributed by atoms with Crippen molar-refractivity contribution in [2.24, 2.45) is 0 Å². The number of alkyl halides is 2. The summed E-state index contributed by atoms with van der Waals surface area (Å²) in [5, 5.41) is 0. The Morgan fingerprint density at radius 3 is 2.07 bits per heavy atom. The zero-order valence-corrected chi connectivity index (χ0v) is 9.57. The van der Waals surface area contributed by atoms with Crippen molar-refractivity contribution in [1.29, 1.82) is 0 Å².